The number of carboxylic acids is 1. The van der Waals surface area contributed by atoms with Crippen molar-refractivity contribution in [3.8, 4) is 11.5 Å². The van der Waals surface area contributed by atoms with Crippen LogP contribution in [-0.4, -0.2) is 43.2 Å². The van der Waals surface area contributed by atoms with E-state index in [-0.39, 0.29) is 22.9 Å². The fourth-order valence-corrected chi connectivity index (χ4v) is 2.22. The third kappa shape index (κ3) is 2.96. The monoisotopic (exact) mass is 301 g/mol. The molecule has 0 aromatic heterocycles. The van der Waals surface area contributed by atoms with Gasteiger partial charge in [0.2, 0.25) is 6.41 Å². The normalized spacial score (nSPS) is 11.6. The molecule has 110 valence electrons. The molecular formula is C13H16ClNO5. The average molecular weight is 302 g/mol. The van der Waals surface area contributed by atoms with Gasteiger partial charge in [0, 0.05) is 12.1 Å². The summed E-state index contributed by atoms with van der Waals surface area (Å²) in [6.07, 6.45) is 0.478. The molecule has 0 fully saturated rings. The van der Waals surface area contributed by atoms with E-state index in [4.69, 9.17) is 21.1 Å². The molecule has 6 nitrogen and oxygen atoms in total. The van der Waals surface area contributed by atoms with Gasteiger partial charge in [-0.3, -0.25) is 4.79 Å². The first-order valence-corrected chi connectivity index (χ1v) is 6.23. The summed E-state index contributed by atoms with van der Waals surface area (Å²) in [6.45, 7) is 1.92. The Kier molecular flexibility index (Phi) is 5.64. The first-order chi connectivity index (χ1) is 9.51. The van der Waals surface area contributed by atoms with Crippen LogP contribution in [0.3, 0.4) is 0 Å². The molecule has 1 atom stereocenters. The van der Waals surface area contributed by atoms with Gasteiger partial charge in [-0.2, -0.15) is 0 Å². The van der Waals surface area contributed by atoms with E-state index in [1.54, 1.807) is 13.0 Å². The van der Waals surface area contributed by atoms with E-state index in [1.807, 2.05) is 0 Å². The van der Waals surface area contributed by atoms with Gasteiger partial charge < -0.3 is 19.5 Å². The molecule has 0 heterocycles. The maximum atomic E-state index is 11.4. The Morgan fingerprint density at radius 3 is 2.50 bits per heavy atom. The van der Waals surface area contributed by atoms with Gasteiger partial charge in [0.15, 0.2) is 17.5 Å². The fourth-order valence-electron chi connectivity index (χ4n) is 1.89. The van der Waals surface area contributed by atoms with Gasteiger partial charge >= 0.3 is 5.97 Å². The Bertz CT molecular complexity index is 506. The maximum absolute atomic E-state index is 11.4. The number of nitrogens with zero attached hydrogens (tertiary/aromatic N) is 1. The minimum Gasteiger partial charge on any atom is -0.493 e. The summed E-state index contributed by atoms with van der Waals surface area (Å²) < 4.78 is 10.2. The summed E-state index contributed by atoms with van der Waals surface area (Å²) in [5, 5.41) is 9.45. The lowest BCUT2D eigenvalue weighted by molar-refractivity contribution is -0.146. The van der Waals surface area contributed by atoms with Gasteiger partial charge in [-0.05, 0) is 13.0 Å². The highest BCUT2D eigenvalue weighted by atomic mass is 35.5. The molecule has 0 aliphatic carbocycles. The molecule has 0 aliphatic heterocycles. The van der Waals surface area contributed by atoms with E-state index in [2.05, 4.69) is 0 Å². The number of carboxylic acid groups (broad SMARTS) is 1. The number of ether oxygens (including phenoxy) is 2. The Morgan fingerprint density at radius 1 is 1.45 bits per heavy atom. The first kappa shape index (κ1) is 16.1. The van der Waals surface area contributed by atoms with Crippen LogP contribution in [-0.2, 0) is 9.59 Å². The molecule has 1 N–H and O–H groups in total. The van der Waals surface area contributed by atoms with Crippen LogP contribution in [0.2, 0.25) is 5.02 Å². The zero-order valence-corrected chi connectivity index (χ0v) is 12.2. The second kappa shape index (κ2) is 7.00. The summed E-state index contributed by atoms with van der Waals surface area (Å²) in [5.74, 6) is -0.549. The fraction of sp³-hybridized carbons (Fsp3) is 0.385. The molecule has 0 saturated carbocycles. The number of rotatable bonds is 7. The molecule has 20 heavy (non-hydrogen) atoms. The zero-order valence-electron chi connectivity index (χ0n) is 11.4. The molecule has 1 amide bonds. The number of carbonyl (C=O) groups is 2. The highest BCUT2D eigenvalue weighted by Crippen LogP contribution is 2.40. The molecule has 0 radical (unpaired) electrons. The van der Waals surface area contributed by atoms with Crippen LogP contribution < -0.4 is 9.47 Å². The second-order valence-electron chi connectivity index (χ2n) is 3.88. The van der Waals surface area contributed by atoms with Crippen LogP contribution in [0.5, 0.6) is 11.5 Å². The molecule has 1 aromatic rings. The number of likely N-dealkylation sites (N-methyl/N-ethyl adjacent to an activating group) is 1. The SMILES string of the molecule is CCN(C=O)C(C(=O)O)c1ccc(OC)c(OC)c1Cl. The largest absolute Gasteiger partial charge is 0.493 e. The van der Waals surface area contributed by atoms with Crippen molar-refractivity contribution in [3.05, 3.63) is 22.7 Å². The van der Waals surface area contributed by atoms with Gasteiger partial charge in [-0.1, -0.05) is 17.7 Å². The van der Waals surface area contributed by atoms with Crippen LogP contribution in [0.1, 0.15) is 18.5 Å². The summed E-state index contributed by atoms with van der Waals surface area (Å²) in [5.41, 5.74) is 0.269. The van der Waals surface area contributed by atoms with Crippen molar-refractivity contribution >= 4 is 24.0 Å². The van der Waals surface area contributed by atoms with E-state index in [9.17, 15) is 14.7 Å². The van der Waals surface area contributed by atoms with Crippen molar-refractivity contribution in [3.63, 3.8) is 0 Å². The molecule has 7 heteroatoms. The standard InChI is InChI=1S/C13H16ClNO5/c1-4-15(7-16)11(13(17)18)8-5-6-9(19-2)12(20-3)10(8)14/h5-7,11H,4H2,1-3H3,(H,17,18). The zero-order chi connectivity index (χ0) is 15.3. The predicted molar refractivity (Wildman–Crippen MR) is 73.4 cm³/mol. The third-order valence-electron chi connectivity index (χ3n) is 2.88. The molecule has 1 rings (SSSR count). The van der Waals surface area contributed by atoms with Gasteiger partial charge in [0.1, 0.15) is 0 Å². The van der Waals surface area contributed by atoms with Crippen LogP contribution in [0.4, 0.5) is 0 Å². The Hall–Kier alpha value is -1.95. The van der Waals surface area contributed by atoms with E-state index < -0.39 is 12.0 Å². The summed E-state index contributed by atoms with van der Waals surface area (Å²) in [6, 6.07) is 1.88. The molecule has 0 saturated heterocycles. The number of carbonyl (C=O) groups excluding carboxylic acids is 1. The van der Waals surface area contributed by atoms with Gasteiger partial charge in [-0.25, -0.2) is 4.79 Å². The molecule has 0 spiro atoms. The molecule has 1 unspecified atom stereocenters. The minimum atomic E-state index is -1.18. The Morgan fingerprint density at radius 2 is 2.10 bits per heavy atom. The number of hydrogen-bond acceptors (Lipinski definition) is 4. The van der Waals surface area contributed by atoms with Crippen LogP contribution >= 0.6 is 11.6 Å². The topological polar surface area (TPSA) is 76.1 Å². The van der Waals surface area contributed by atoms with E-state index in [0.717, 1.165) is 4.90 Å². The lowest BCUT2D eigenvalue weighted by atomic mass is 10.0. The average Bonchev–Trinajstić information content (AvgIpc) is 2.44. The predicted octanol–water partition coefficient (Wildman–Crippen LogP) is 1.96. The maximum Gasteiger partial charge on any atom is 0.331 e. The van der Waals surface area contributed by atoms with Crippen molar-refractivity contribution < 1.29 is 24.2 Å². The smallest absolute Gasteiger partial charge is 0.331 e. The highest BCUT2D eigenvalue weighted by Gasteiger charge is 2.29. The van der Waals surface area contributed by atoms with E-state index in [0.29, 0.717) is 12.2 Å². The molecule has 0 aliphatic rings. The minimum absolute atomic E-state index is 0.111. The third-order valence-corrected chi connectivity index (χ3v) is 3.27. The van der Waals surface area contributed by atoms with Crippen molar-refractivity contribution in [1.82, 2.24) is 4.90 Å². The van der Waals surface area contributed by atoms with Crippen molar-refractivity contribution in [2.24, 2.45) is 0 Å². The number of hydrogen-bond donors (Lipinski definition) is 1. The van der Waals surface area contributed by atoms with Crippen molar-refractivity contribution in [2.45, 2.75) is 13.0 Å². The van der Waals surface area contributed by atoms with Crippen molar-refractivity contribution in [1.29, 1.82) is 0 Å². The Balaban J connectivity index is 3.42. The van der Waals surface area contributed by atoms with E-state index >= 15 is 0 Å². The van der Waals surface area contributed by atoms with Crippen LogP contribution in [0.25, 0.3) is 0 Å². The molecular weight excluding hydrogens is 286 g/mol. The van der Waals surface area contributed by atoms with Gasteiger partial charge in [0.05, 0.1) is 19.2 Å². The first-order valence-electron chi connectivity index (χ1n) is 5.85. The van der Waals surface area contributed by atoms with E-state index in [1.165, 1.54) is 20.3 Å². The van der Waals surface area contributed by atoms with Gasteiger partial charge in [0.25, 0.3) is 0 Å². The molecule has 0 bridgehead atoms. The van der Waals surface area contributed by atoms with Crippen LogP contribution in [0.15, 0.2) is 12.1 Å². The lowest BCUT2D eigenvalue weighted by Gasteiger charge is -2.25. The number of benzene rings is 1. The number of aliphatic carboxylic acids is 1. The van der Waals surface area contributed by atoms with Crippen LogP contribution in [0, 0.1) is 0 Å². The molecule has 1 aromatic carbocycles. The lowest BCUT2D eigenvalue weighted by Crippen LogP contribution is -2.33. The number of amides is 1. The van der Waals surface area contributed by atoms with Gasteiger partial charge in [-0.15, -0.1) is 0 Å². The quantitative estimate of drug-likeness (QED) is 0.779. The second-order valence-corrected chi connectivity index (χ2v) is 4.26. The number of methoxy groups -OCH3 is 2. The summed E-state index contributed by atoms with van der Waals surface area (Å²) >= 11 is 6.18. The van der Waals surface area contributed by atoms with Crippen molar-refractivity contribution in [2.75, 3.05) is 20.8 Å². The summed E-state index contributed by atoms with van der Waals surface area (Å²) in [4.78, 5) is 23.6. The Labute approximate surface area is 121 Å². The summed E-state index contributed by atoms with van der Waals surface area (Å²) in [7, 11) is 2.85. The highest BCUT2D eigenvalue weighted by molar-refractivity contribution is 6.33. The number of halogens is 1.